The van der Waals surface area contributed by atoms with Crippen molar-refractivity contribution in [3.8, 4) is 0 Å². The lowest BCUT2D eigenvalue weighted by atomic mass is 9.96. The quantitative estimate of drug-likeness (QED) is 0.868. The predicted molar refractivity (Wildman–Crippen MR) is 109 cm³/mol. The van der Waals surface area contributed by atoms with Crippen molar-refractivity contribution < 1.29 is 9.59 Å². The molecule has 6 heteroatoms. The van der Waals surface area contributed by atoms with E-state index in [1.165, 1.54) is 0 Å². The monoisotopic (exact) mass is 378 g/mol. The molecule has 1 aromatic heterocycles. The predicted octanol–water partition coefficient (Wildman–Crippen LogP) is 2.47. The minimum Gasteiger partial charge on any atom is -0.370 e. The fraction of sp³-hybridized carbons (Fsp3) is 0.409. The lowest BCUT2D eigenvalue weighted by Crippen LogP contribution is -2.40. The zero-order valence-corrected chi connectivity index (χ0v) is 16.0. The van der Waals surface area contributed by atoms with Gasteiger partial charge in [0.25, 0.3) is 0 Å². The molecular formula is C22H26N4O2. The van der Waals surface area contributed by atoms with E-state index in [-0.39, 0.29) is 17.7 Å². The Kier molecular flexibility index (Phi) is 5.55. The fourth-order valence-corrected chi connectivity index (χ4v) is 4.07. The molecule has 2 fully saturated rings. The molecule has 1 aromatic carbocycles. The van der Waals surface area contributed by atoms with Crippen molar-refractivity contribution in [1.82, 2.24) is 10.3 Å². The number of amides is 2. The minimum atomic E-state index is -0.261. The molecule has 146 valence electrons. The molecule has 28 heavy (non-hydrogen) atoms. The molecule has 2 amide bonds. The number of hydrogen-bond acceptors (Lipinski definition) is 4. The molecule has 0 bridgehead atoms. The van der Waals surface area contributed by atoms with Crippen LogP contribution in [0.2, 0.25) is 0 Å². The van der Waals surface area contributed by atoms with Crippen molar-refractivity contribution in [2.24, 2.45) is 11.8 Å². The maximum Gasteiger partial charge on any atom is 0.227 e. The number of benzene rings is 1. The number of carbonyl (C=O) groups is 2. The van der Waals surface area contributed by atoms with E-state index in [0.29, 0.717) is 25.4 Å². The van der Waals surface area contributed by atoms with E-state index in [2.05, 4.69) is 21.3 Å². The van der Waals surface area contributed by atoms with E-state index in [4.69, 9.17) is 0 Å². The van der Waals surface area contributed by atoms with Crippen LogP contribution in [0.4, 0.5) is 11.4 Å². The van der Waals surface area contributed by atoms with Gasteiger partial charge in [0.2, 0.25) is 11.8 Å². The number of aromatic nitrogens is 1. The molecule has 2 aromatic rings. The number of pyridine rings is 1. The first-order valence-electron chi connectivity index (χ1n) is 9.99. The first-order valence-corrected chi connectivity index (χ1v) is 9.99. The van der Waals surface area contributed by atoms with Crippen LogP contribution in [0.15, 0.2) is 54.9 Å². The lowest BCUT2D eigenvalue weighted by molar-refractivity contribution is -0.126. The van der Waals surface area contributed by atoms with Crippen LogP contribution in [0.1, 0.15) is 19.3 Å². The number of piperidine rings is 1. The van der Waals surface area contributed by atoms with Crippen LogP contribution in [0.3, 0.4) is 0 Å². The highest BCUT2D eigenvalue weighted by Crippen LogP contribution is 2.25. The number of hydrogen-bond donors (Lipinski definition) is 1. The molecule has 1 N–H and O–H groups in total. The average Bonchev–Trinajstić information content (AvgIpc) is 3.15. The van der Waals surface area contributed by atoms with Crippen LogP contribution in [0.25, 0.3) is 0 Å². The van der Waals surface area contributed by atoms with Gasteiger partial charge in [0, 0.05) is 44.5 Å². The van der Waals surface area contributed by atoms with Crippen molar-refractivity contribution in [3.63, 3.8) is 0 Å². The molecule has 0 spiro atoms. The van der Waals surface area contributed by atoms with Gasteiger partial charge in [0.05, 0.1) is 17.8 Å². The Morgan fingerprint density at radius 1 is 1.07 bits per heavy atom. The third kappa shape index (κ3) is 4.16. The Balaban J connectivity index is 1.24. The summed E-state index contributed by atoms with van der Waals surface area (Å²) in [7, 11) is 0. The second-order valence-electron chi connectivity index (χ2n) is 7.63. The van der Waals surface area contributed by atoms with Crippen LogP contribution in [0, 0.1) is 11.8 Å². The van der Waals surface area contributed by atoms with Gasteiger partial charge in [0.1, 0.15) is 0 Å². The van der Waals surface area contributed by atoms with Crippen LogP contribution in [0.5, 0.6) is 0 Å². The minimum absolute atomic E-state index is 0.00136. The van der Waals surface area contributed by atoms with Gasteiger partial charge < -0.3 is 15.1 Å². The summed E-state index contributed by atoms with van der Waals surface area (Å²) in [4.78, 5) is 33.1. The molecule has 0 radical (unpaired) electrons. The number of nitrogens with zero attached hydrogens (tertiary/aromatic N) is 3. The van der Waals surface area contributed by atoms with E-state index in [9.17, 15) is 9.59 Å². The van der Waals surface area contributed by atoms with Crippen molar-refractivity contribution in [1.29, 1.82) is 0 Å². The summed E-state index contributed by atoms with van der Waals surface area (Å²) >= 11 is 0. The molecule has 6 nitrogen and oxygen atoms in total. The molecule has 4 rings (SSSR count). The maximum absolute atomic E-state index is 12.6. The van der Waals surface area contributed by atoms with Gasteiger partial charge >= 0.3 is 0 Å². The number of nitrogens with one attached hydrogen (secondary N) is 1. The van der Waals surface area contributed by atoms with Crippen molar-refractivity contribution in [3.05, 3.63) is 54.9 Å². The molecule has 3 heterocycles. The fourth-order valence-electron chi connectivity index (χ4n) is 4.07. The summed E-state index contributed by atoms with van der Waals surface area (Å²) in [5, 5.41) is 3.09. The average molecular weight is 378 g/mol. The Morgan fingerprint density at radius 3 is 2.54 bits per heavy atom. The van der Waals surface area contributed by atoms with Gasteiger partial charge in [-0.05, 0) is 43.0 Å². The first-order chi connectivity index (χ1) is 13.7. The molecular weight excluding hydrogens is 352 g/mol. The van der Waals surface area contributed by atoms with E-state index in [1.54, 1.807) is 11.1 Å². The molecule has 0 aliphatic carbocycles. The van der Waals surface area contributed by atoms with Crippen molar-refractivity contribution in [2.75, 3.05) is 36.0 Å². The van der Waals surface area contributed by atoms with Gasteiger partial charge in [-0.25, -0.2) is 0 Å². The van der Waals surface area contributed by atoms with Gasteiger partial charge in [0.15, 0.2) is 0 Å². The summed E-state index contributed by atoms with van der Waals surface area (Å²) in [6.45, 7) is 3.12. The third-order valence-electron chi connectivity index (χ3n) is 5.75. The SMILES string of the molecule is O=C(NCC1CCN(c2cccnc2)CC1)C1CC(=O)N(c2ccccc2)C1. The van der Waals surface area contributed by atoms with Crippen molar-refractivity contribution in [2.45, 2.75) is 19.3 Å². The molecule has 1 atom stereocenters. The van der Waals surface area contributed by atoms with Crippen LogP contribution in [-0.2, 0) is 9.59 Å². The van der Waals surface area contributed by atoms with E-state index in [0.717, 1.165) is 37.3 Å². The third-order valence-corrected chi connectivity index (χ3v) is 5.75. The molecule has 0 saturated carbocycles. The molecule has 2 aliphatic rings. The van der Waals surface area contributed by atoms with Crippen LogP contribution in [-0.4, -0.2) is 43.0 Å². The standard InChI is InChI=1S/C22H26N4O2/c27-21-13-18(16-26(21)19-5-2-1-3-6-19)22(28)24-14-17-8-11-25(12-9-17)20-7-4-10-23-15-20/h1-7,10,15,17-18H,8-9,11-14,16H2,(H,24,28). The summed E-state index contributed by atoms with van der Waals surface area (Å²) in [6, 6.07) is 13.6. The van der Waals surface area contributed by atoms with Gasteiger partial charge in [-0.15, -0.1) is 0 Å². The highest BCUT2D eigenvalue weighted by molar-refractivity contribution is 6.00. The molecule has 2 aliphatic heterocycles. The zero-order chi connectivity index (χ0) is 19.3. The highest BCUT2D eigenvalue weighted by atomic mass is 16.2. The zero-order valence-electron chi connectivity index (χ0n) is 16.0. The summed E-state index contributed by atoms with van der Waals surface area (Å²) in [5.41, 5.74) is 2.03. The largest absolute Gasteiger partial charge is 0.370 e. The van der Waals surface area contributed by atoms with Gasteiger partial charge in [-0.2, -0.15) is 0 Å². The van der Waals surface area contributed by atoms with E-state index >= 15 is 0 Å². The number of carbonyl (C=O) groups excluding carboxylic acids is 2. The second kappa shape index (κ2) is 8.42. The smallest absolute Gasteiger partial charge is 0.227 e. The Bertz CT molecular complexity index is 804. The van der Waals surface area contributed by atoms with Crippen LogP contribution < -0.4 is 15.1 Å². The Labute approximate surface area is 165 Å². The van der Waals surface area contributed by atoms with E-state index in [1.807, 2.05) is 42.6 Å². The maximum atomic E-state index is 12.6. The summed E-state index contributed by atoms with van der Waals surface area (Å²) < 4.78 is 0. The Hall–Kier alpha value is -2.89. The lowest BCUT2D eigenvalue weighted by Gasteiger charge is -2.33. The first kappa shape index (κ1) is 18.5. The molecule has 1 unspecified atom stereocenters. The second-order valence-corrected chi connectivity index (χ2v) is 7.63. The molecule has 2 saturated heterocycles. The van der Waals surface area contributed by atoms with Gasteiger partial charge in [-0.1, -0.05) is 18.2 Å². The van der Waals surface area contributed by atoms with Gasteiger partial charge in [-0.3, -0.25) is 14.6 Å². The van der Waals surface area contributed by atoms with E-state index < -0.39 is 0 Å². The summed E-state index contributed by atoms with van der Waals surface area (Å²) in [6.07, 6.45) is 6.08. The Morgan fingerprint density at radius 2 is 1.82 bits per heavy atom. The van der Waals surface area contributed by atoms with Crippen LogP contribution >= 0.6 is 0 Å². The normalized spacial score (nSPS) is 20.4. The number of rotatable bonds is 5. The number of anilines is 2. The number of para-hydroxylation sites is 1. The summed E-state index contributed by atoms with van der Waals surface area (Å²) in [5.74, 6) is 0.250. The van der Waals surface area contributed by atoms with Crippen molar-refractivity contribution >= 4 is 23.2 Å². The highest BCUT2D eigenvalue weighted by Gasteiger charge is 2.35. The topological polar surface area (TPSA) is 65.5 Å².